The molecule has 1 aromatic carbocycles. The fourth-order valence-corrected chi connectivity index (χ4v) is 2.43. The van der Waals surface area contributed by atoms with Crippen LogP contribution in [0.4, 0.5) is 18.0 Å². The topological polar surface area (TPSA) is 74.2 Å². The van der Waals surface area contributed by atoms with Crippen LogP contribution in [-0.4, -0.2) is 93.4 Å². The minimum atomic E-state index is -4.46. The summed E-state index contributed by atoms with van der Waals surface area (Å²) in [7, 11) is 0. The molecule has 0 spiro atoms. The van der Waals surface area contributed by atoms with Gasteiger partial charge >= 0.3 is 70.5 Å². The van der Waals surface area contributed by atoms with Crippen molar-refractivity contribution in [1.29, 1.82) is 0 Å². The Hall–Kier alpha value is -0.299. The molecule has 0 aliphatic carbocycles. The maximum absolute atomic E-state index is 12.2. The molecule has 0 radical (unpaired) electrons. The van der Waals surface area contributed by atoms with Gasteiger partial charge in [-0.15, -0.1) is 5.46 Å². The van der Waals surface area contributed by atoms with Crippen molar-refractivity contribution in [2.75, 3.05) is 6.61 Å². The molecule has 0 atom stereocenters. The Morgan fingerprint density at radius 1 is 1.12 bits per heavy atom. The van der Waals surface area contributed by atoms with E-state index in [4.69, 9.17) is 19.1 Å². The van der Waals surface area contributed by atoms with Crippen molar-refractivity contribution in [2.24, 2.45) is 0 Å². The zero-order chi connectivity index (χ0) is 19.1. The number of rotatable bonds is 4. The van der Waals surface area contributed by atoms with Crippen molar-refractivity contribution in [2.45, 2.75) is 45.1 Å². The Morgan fingerprint density at radius 3 is 1.96 bits per heavy atom. The fraction of sp³-hybridized carbons (Fsp3) is 0.533. The number of ether oxygens (including phenoxy) is 1. The van der Waals surface area contributed by atoms with Gasteiger partial charge in [-0.3, -0.25) is 0 Å². The van der Waals surface area contributed by atoms with Gasteiger partial charge in [0.15, 0.2) is 6.61 Å². The maximum atomic E-state index is 12.2. The van der Waals surface area contributed by atoms with E-state index in [9.17, 15) is 18.0 Å². The molecule has 2 rings (SSSR count). The summed E-state index contributed by atoms with van der Waals surface area (Å²) in [5.41, 5.74) is -1.50. The van der Waals surface area contributed by atoms with Gasteiger partial charge in [0, 0.05) is 11.2 Å². The molecule has 0 bridgehead atoms. The van der Waals surface area contributed by atoms with Gasteiger partial charge in [0.25, 0.3) is 0 Å². The third-order valence-corrected chi connectivity index (χ3v) is 4.30. The zero-order valence-electron chi connectivity index (χ0n) is 14.2. The van der Waals surface area contributed by atoms with Crippen molar-refractivity contribution in [3.63, 3.8) is 0 Å². The van der Waals surface area contributed by atoms with Crippen LogP contribution < -0.4 is 10.2 Å². The number of carboxylic acid groups (broad SMARTS) is 1. The monoisotopic (exact) mass is 403 g/mol. The third kappa shape index (κ3) is 5.37. The molecule has 0 aromatic heterocycles. The molecule has 1 heterocycles. The first-order chi connectivity index (χ1) is 11.3. The summed E-state index contributed by atoms with van der Waals surface area (Å²) >= 11 is 0. The SMILES string of the molecule is CC1(C)O[B-](OC(=O)O)(c2ccc(OCC(F)(F)F)cc2)OC1(C)C.[KH]. The molecule has 1 aromatic rings. The van der Waals surface area contributed by atoms with Crippen LogP contribution in [0.3, 0.4) is 0 Å². The van der Waals surface area contributed by atoms with E-state index < -0.39 is 36.9 Å². The predicted molar refractivity (Wildman–Crippen MR) is 90.0 cm³/mol. The molecule has 1 saturated heterocycles. The second-order valence-electron chi connectivity index (χ2n) is 6.76. The van der Waals surface area contributed by atoms with Crippen LogP contribution in [0.1, 0.15) is 27.7 Å². The number of alkyl halides is 3. The van der Waals surface area contributed by atoms with E-state index in [2.05, 4.69) is 4.74 Å². The van der Waals surface area contributed by atoms with Crippen LogP contribution in [-0.2, 0) is 14.0 Å². The molecule has 1 N–H and O–H groups in total. The Bertz CT molecular complexity index is 632. The van der Waals surface area contributed by atoms with Crippen LogP contribution in [0.25, 0.3) is 0 Å². The molecule has 1 aliphatic rings. The number of hydrogen-bond acceptors (Lipinski definition) is 5. The van der Waals surface area contributed by atoms with Crippen LogP contribution >= 0.6 is 0 Å². The van der Waals surface area contributed by atoms with Gasteiger partial charge in [0.1, 0.15) is 5.75 Å². The summed E-state index contributed by atoms with van der Waals surface area (Å²) in [6.07, 6.45) is -6.05. The summed E-state index contributed by atoms with van der Waals surface area (Å²) in [6.45, 7) is 2.64. The first-order valence-corrected chi connectivity index (χ1v) is 7.52. The average Bonchev–Trinajstić information content (AvgIpc) is 2.61. The number of hydrogen-bond donors (Lipinski definition) is 1. The van der Waals surface area contributed by atoms with E-state index >= 15 is 0 Å². The summed E-state index contributed by atoms with van der Waals surface area (Å²) in [5.74, 6) is -0.0288. The molecule has 0 saturated carbocycles. The average molecular weight is 403 g/mol. The van der Waals surface area contributed by atoms with Crippen LogP contribution in [0, 0.1) is 0 Å². The van der Waals surface area contributed by atoms with Crippen molar-refractivity contribution in [3.8, 4) is 5.75 Å². The molecule has 0 amide bonds. The molecular formula is C15H20BF3KO6-. The number of carbonyl (C=O) groups is 1. The van der Waals surface area contributed by atoms with E-state index in [1.165, 1.54) is 24.3 Å². The Balaban J connectivity index is 0.00000338. The Labute approximate surface area is 191 Å². The molecular weight excluding hydrogens is 383 g/mol. The van der Waals surface area contributed by atoms with Gasteiger partial charge in [-0.1, -0.05) is 12.1 Å². The van der Waals surface area contributed by atoms with Crippen LogP contribution in [0.15, 0.2) is 24.3 Å². The standard InChI is InChI=1S/C15H19BF3O6.K.H/c1-13(2)14(3,4)25-16(24-13,23-12(20)21)10-5-7-11(8-6-10)22-9-15(17,18)19;;/h5-8H,9H2,1-4H3,(H,20,21);;/q-1;;. The van der Waals surface area contributed by atoms with Gasteiger partial charge in [0.05, 0.1) is 0 Å². The molecule has 0 unspecified atom stereocenters. The zero-order valence-corrected chi connectivity index (χ0v) is 14.2. The Morgan fingerprint density at radius 2 is 1.58 bits per heavy atom. The number of benzene rings is 1. The molecule has 6 nitrogen and oxygen atoms in total. The quantitative estimate of drug-likeness (QED) is 0.779. The van der Waals surface area contributed by atoms with E-state index in [1.807, 2.05) is 0 Å². The molecule has 1 aliphatic heterocycles. The number of halogens is 3. The van der Waals surface area contributed by atoms with E-state index in [1.54, 1.807) is 27.7 Å². The third-order valence-electron chi connectivity index (χ3n) is 4.30. The normalized spacial score (nSPS) is 20.1. The molecule has 11 heteroatoms. The van der Waals surface area contributed by atoms with Gasteiger partial charge in [0.2, 0.25) is 0 Å². The van der Waals surface area contributed by atoms with Crippen LogP contribution in [0.5, 0.6) is 5.75 Å². The summed E-state index contributed by atoms with van der Waals surface area (Å²) in [6, 6.07) is 5.24. The van der Waals surface area contributed by atoms with Gasteiger partial charge in [-0.25, -0.2) is 4.79 Å². The molecule has 142 valence electrons. The van der Waals surface area contributed by atoms with Crippen molar-refractivity contribution in [1.82, 2.24) is 0 Å². The second-order valence-corrected chi connectivity index (χ2v) is 6.76. The summed E-state index contributed by atoms with van der Waals surface area (Å²) in [5, 5.41) is 9.05. The summed E-state index contributed by atoms with van der Waals surface area (Å²) < 4.78 is 57.8. The van der Waals surface area contributed by atoms with Gasteiger partial charge in [-0.2, -0.15) is 13.2 Å². The molecule has 26 heavy (non-hydrogen) atoms. The minimum absolute atomic E-state index is 0. The first kappa shape index (κ1) is 23.7. The second kappa shape index (κ2) is 7.98. The van der Waals surface area contributed by atoms with Crippen molar-refractivity contribution < 1.29 is 41.8 Å². The molecule has 1 fully saturated rings. The first-order valence-electron chi connectivity index (χ1n) is 7.52. The van der Waals surface area contributed by atoms with E-state index in [0.717, 1.165) is 0 Å². The van der Waals surface area contributed by atoms with E-state index in [-0.39, 0.29) is 62.6 Å². The van der Waals surface area contributed by atoms with Crippen molar-refractivity contribution >= 4 is 69.8 Å². The Kier molecular flexibility index (Phi) is 7.29. The summed E-state index contributed by atoms with van der Waals surface area (Å²) in [4.78, 5) is 11.1. The van der Waals surface area contributed by atoms with E-state index in [0.29, 0.717) is 0 Å². The van der Waals surface area contributed by atoms with Gasteiger partial charge in [-0.05, 0) is 39.8 Å². The van der Waals surface area contributed by atoms with Crippen molar-refractivity contribution in [3.05, 3.63) is 24.3 Å². The predicted octanol–water partition coefficient (Wildman–Crippen LogP) is 2.42. The fourth-order valence-electron chi connectivity index (χ4n) is 2.43. The van der Waals surface area contributed by atoms with Gasteiger partial charge < -0.3 is 23.8 Å². The van der Waals surface area contributed by atoms with Crippen LogP contribution in [0.2, 0.25) is 0 Å².